The average molecular weight is 352 g/mol. The lowest BCUT2D eigenvalue weighted by atomic mass is 10.2. The van der Waals surface area contributed by atoms with Crippen molar-refractivity contribution in [1.29, 1.82) is 0 Å². The molecule has 6 nitrogen and oxygen atoms in total. The predicted octanol–water partition coefficient (Wildman–Crippen LogP) is 2.90. The number of hydrogen-bond acceptors (Lipinski definition) is 6. The van der Waals surface area contributed by atoms with Crippen LogP contribution in [-0.4, -0.2) is 29.5 Å². The van der Waals surface area contributed by atoms with Crippen molar-refractivity contribution in [2.45, 2.75) is 19.3 Å². The van der Waals surface area contributed by atoms with Gasteiger partial charge in [-0.2, -0.15) is 0 Å². The van der Waals surface area contributed by atoms with Crippen LogP contribution >= 0.6 is 7.82 Å². The molecule has 0 aromatic heterocycles. The van der Waals surface area contributed by atoms with Crippen molar-refractivity contribution < 1.29 is 28.3 Å². The van der Waals surface area contributed by atoms with Gasteiger partial charge in [-0.1, -0.05) is 60.7 Å². The maximum absolute atomic E-state index is 12.7. The third-order valence-corrected chi connectivity index (χ3v) is 4.46. The molecule has 130 valence electrons. The number of phosphoric acid groups is 1. The summed E-state index contributed by atoms with van der Waals surface area (Å²) in [6.45, 7) is -0.765. The first-order chi connectivity index (χ1) is 11.6. The van der Waals surface area contributed by atoms with Crippen molar-refractivity contribution in [3.05, 3.63) is 71.8 Å². The molecule has 7 heteroatoms. The Hall–Kier alpha value is -1.53. The Bertz CT molecular complexity index is 587. The normalized spacial score (nSPS) is 12.9. The van der Waals surface area contributed by atoms with Crippen LogP contribution in [0.25, 0.3) is 0 Å². The Balaban J connectivity index is 1.98. The van der Waals surface area contributed by atoms with Crippen LogP contribution in [0.15, 0.2) is 60.7 Å². The fraction of sp³-hybridized carbons (Fsp3) is 0.294. The van der Waals surface area contributed by atoms with Crippen molar-refractivity contribution in [1.82, 2.24) is 0 Å². The van der Waals surface area contributed by atoms with E-state index in [2.05, 4.69) is 0 Å². The molecule has 0 amide bonds. The van der Waals surface area contributed by atoms with Gasteiger partial charge in [-0.3, -0.25) is 13.6 Å². The molecule has 2 aromatic carbocycles. The third kappa shape index (κ3) is 6.53. The van der Waals surface area contributed by atoms with Crippen molar-refractivity contribution in [2.75, 3.05) is 13.2 Å². The minimum Gasteiger partial charge on any atom is -0.394 e. The van der Waals surface area contributed by atoms with E-state index in [1.54, 1.807) is 0 Å². The van der Waals surface area contributed by atoms with E-state index < -0.39 is 20.5 Å². The number of benzene rings is 2. The number of hydrogen-bond donors (Lipinski definition) is 2. The van der Waals surface area contributed by atoms with Gasteiger partial charge >= 0.3 is 7.82 Å². The first-order valence-corrected chi connectivity index (χ1v) is 8.98. The maximum atomic E-state index is 12.7. The molecule has 0 unspecified atom stereocenters. The molecule has 2 N–H and O–H groups in total. The summed E-state index contributed by atoms with van der Waals surface area (Å²) in [6.07, 6.45) is -1.15. The van der Waals surface area contributed by atoms with Crippen LogP contribution in [0.2, 0.25) is 0 Å². The van der Waals surface area contributed by atoms with Gasteiger partial charge in [-0.05, 0) is 11.1 Å². The lowest BCUT2D eigenvalue weighted by Gasteiger charge is -2.19. The summed E-state index contributed by atoms with van der Waals surface area (Å²) in [5.41, 5.74) is 1.62. The highest BCUT2D eigenvalue weighted by molar-refractivity contribution is 7.48. The lowest BCUT2D eigenvalue weighted by Crippen LogP contribution is -2.19. The summed E-state index contributed by atoms with van der Waals surface area (Å²) in [4.78, 5) is 0. The molecule has 0 saturated carbocycles. The van der Waals surface area contributed by atoms with Gasteiger partial charge in [0.15, 0.2) is 0 Å². The molecule has 0 bridgehead atoms. The van der Waals surface area contributed by atoms with Crippen molar-refractivity contribution >= 4 is 7.82 Å². The number of aliphatic hydroxyl groups is 2. The fourth-order valence-electron chi connectivity index (χ4n) is 1.80. The number of phosphoric ester groups is 1. The van der Waals surface area contributed by atoms with Crippen molar-refractivity contribution in [2.24, 2.45) is 0 Å². The highest BCUT2D eigenvalue weighted by Crippen LogP contribution is 2.51. The lowest BCUT2D eigenvalue weighted by molar-refractivity contribution is 0.0264. The zero-order valence-electron chi connectivity index (χ0n) is 13.2. The van der Waals surface area contributed by atoms with Gasteiger partial charge in [0.05, 0.1) is 26.4 Å². The van der Waals surface area contributed by atoms with Crippen LogP contribution < -0.4 is 0 Å². The smallest absolute Gasteiger partial charge is 0.394 e. The molecule has 0 aliphatic heterocycles. The largest absolute Gasteiger partial charge is 0.475 e. The van der Waals surface area contributed by atoms with Gasteiger partial charge in [0.25, 0.3) is 0 Å². The molecule has 0 heterocycles. The second-order valence-corrected chi connectivity index (χ2v) is 6.77. The third-order valence-electron chi connectivity index (χ3n) is 3.10. The Kier molecular flexibility index (Phi) is 7.59. The van der Waals surface area contributed by atoms with Crippen LogP contribution in [0.5, 0.6) is 0 Å². The fourth-order valence-corrected chi connectivity index (χ4v) is 2.99. The summed E-state index contributed by atoms with van der Waals surface area (Å²) in [7, 11) is -3.89. The summed E-state index contributed by atoms with van der Waals surface area (Å²) >= 11 is 0. The quantitative estimate of drug-likeness (QED) is 0.640. The van der Waals surface area contributed by atoms with E-state index in [1.807, 2.05) is 60.7 Å². The van der Waals surface area contributed by atoms with E-state index in [-0.39, 0.29) is 19.8 Å². The van der Waals surface area contributed by atoms with Crippen LogP contribution in [0.4, 0.5) is 0 Å². The molecule has 0 spiro atoms. The summed E-state index contributed by atoms with van der Waals surface area (Å²) in [5, 5.41) is 18.2. The molecule has 0 radical (unpaired) electrons. The molecule has 0 aliphatic rings. The minimum absolute atomic E-state index is 0.0438. The second kappa shape index (κ2) is 9.69. The molecule has 24 heavy (non-hydrogen) atoms. The molecular formula is C17H21O6P. The first-order valence-electron chi connectivity index (χ1n) is 7.52. The second-order valence-electron chi connectivity index (χ2n) is 5.10. The van der Waals surface area contributed by atoms with E-state index in [9.17, 15) is 9.67 Å². The van der Waals surface area contributed by atoms with Gasteiger partial charge in [0, 0.05) is 0 Å². The van der Waals surface area contributed by atoms with Gasteiger partial charge in [0.1, 0.15) is 6.10 Å². The average Bonchev–Trinajstić information content (AvgIpc) is 2.65. The monoisotopic (exact) mass is 352 g/mol. The van der Waals surface area contributed by atoms with Crippen LogP contribution in [-0.2, 0) is 31.4 Å². The first kappa shape index (κ1) is 18.8. The molecule has 0 fully saturated rings. The van der Waals surface area contributed by atoms with E-state index >= 15 is 0 Å². The molecular weight excluding hydrogens is 331 g/mol. The molecule has 1 atom stereocenters. The zero-order valence-corrected chi connectivity index (χ0v) is 14.0. The molecule has 2 rings (SSSR count). The van der Waals surface area contributed by atoms with Gasteiger partial charge in [-0.15, -0.1) is 0 Å². The highest BCUT2D eigenvalue weighted by atomic mass is 31.2. The van der Waals surface area contributed by atoms with E-state index in [0.717, 1.165) is 11.1 Å². The highest BCUT2D eigenvalue weighted by Gasteiger charge is 2.28. The summed E-state index contributed by atoms with van der Waals surface area (Å²) in [6, 6.07) is 18.4. The molecule has 0 saturated heterocycles. The van der Waals surface area contributed by atoms with Gasteiger partial charge in [0.2, 0.25) is 0 Å². The van der Waals surface area contributed by atoms with Crippen molar-refractivity contribution in [3.63, 3.8) is 0 Å². The van der Waals surface area contributed by atoms with Crippen LogP contribution in [0, 0.1) is 0 Å². The molecule has 2 aromatic rings. The standard InChI is InChI=1S/C17H21O6P/c18-11-17(19)14-23-24(20,21-12-15-7-3-1-4-8-15)22-13-16-9-5-2-6-10-16/h1-10,17-19H,11-14H2/t17-/m1/s1. The Morgan fingerprint density at radius 2 is 1.29 bits per heavy atom. The maximum Gasteiger partial charge on any atom is 0.475 e. The minimum atomic E-state index is -3.89. The number of rotatable bonds is 10. The Morgan fingerprint density at radius 3 is 1.71 bits per heavy atom. The van der Waals surface area contributed by atoms with Gasteiger partial charge < -0.3 is 10.2 Å². The SMILES string of the molecule is O=P(OCc1ccccc1)(OCc1ccccc1)OC[C@H](O)CO. The molecule has 0 aliphatic carbocycles. The van der Waals surface area contributed by atoms with E-state index in [1.165, 1.54) is 0 Å². The van der Waals surface area contributed by atoms with E-state index in [4.69, 9.17) is 18.7 Å². The number of aliphatic hydroxyl groups excluding tert-OH is 2. The predicted molar refractivity (Wildman–Crippen MR) is 89.1 cm³/mol. The van der Waals surface area contributed by atoms with Crippen molar-refractivity contribution in [3.8, 4) is 0 Å². The van der Waals surface area contributed by atoms with Gasteiger partial charge in [-0.25, -0.2) is 4.57 Å². The topological polar surface area (TPSA) is 85.2 Å². The zero-order chi connectivity index (χ0) is 17.3. The summed E-state index contributed by atoms with van der Waals surface area (Å²) < 4.78 is 28.5. The Labute approximate surface area is 141 Å². The summed E-state index contributed by atoms with van der Waals surface area (Å²) in [5.74, 6) is 0. The van der Waals surface area contributed by atoms with E-state index in [0.29, 0.717) is 0 Å². The van der Waals surface area contributed by atoms with Crippen LogP contribution in [0.1, 0.15) is 11.1 Å². The van der Waals surface area contributed by atoms with Crippen LogP contribution in [0.3, 0.4) is 0 Å². The Morgan fingerprint density at radius 1 is 0.833 bits per heavy atom.